The number of benzene rings is 2. The highest BCUT2D eigenvalue weighted by Gasteiger charge is 2.25. The van der Waals surface area contributed by atoms with Crippen LogP contribution in [0.5, 0.6) is 11.5 Å². The van der Waals surface area contributed by atoms with Gasteiger partial charge < -0.3 is 10.2 Å². The number of phenolic OH excluding ortho intramolecular Hbond substituents is 2. The summed E-state index contributed by atoms with van der Waals surface area (Å²) in [6.07, 6.45) is 4.72. The first-order chi connectivity index (χ1) is 11.3. The van der Waals surface area contributed by atoms with Gasteiger partial charge >= 0.3 is 0 Å². The van der Waals surface area contributed by atoms with E-state index < -0.39 is 0 Å². The van der Waals surface area contributed by atoms with Gasteiger partial charge in [-0.3, -0.25) is 0 Å². The maximum Gasteiger partial charge on any atom is 0.119 e. The average Bonchev–Trinajstić information content (AvgIpc) is 2.55. The van der Waals surface area contributed by atoms with Crippen molar-refractivity contribution in [1.82, 2.24) is 0 Å². The van der Waals surface area contributed by atoms with Crippen molar-refractivity contribution in [2.24, 2.45) is 0 Å². The molecule has 0 bridgehead atoms. The van der Waals surface area contributed by atoms with Crippen molar-refractivity contribution >= 4 is 0 Å². The van der Waals surface area contributed by atoms with E-state index in [1.165, 1.54) is 36.8 Å². The zero-order valence-electron chi connectivity index (χ0n) is 14.9. The van der Waals surface area contributed by atoms with Crippen molar-refractivity contribution in [2.75, 3.05) is 0 Å². The number of phenols is 2. The van der Waals surface area contributed by atoms with Gasteiger partial charge in [0.25, 0.3) is 0 Å². The fourth-order valence-electron chi connectivity index (χ4n) is 3.91. The summed E-state index contributed by atoms with van der Waals surface area (Å²) >= 11 is 0. The minimum absolute atomic E-state index is 0.0384. The quantitative estimate of drug-likeness (QED) is 0.729. The van der Waals surface area contributed by atoms with E-state index in [0.717, 1.165) is 5.56 Å². The molecule has 1 fully saturated rings. The summed E-state index contributed by atoms with van der Waals surface area (Å²) in [5, 5.41) is 19.6. The van der Waals surface area contributed by atoms with Gasteiger partial charge in [-0.1, -0.05) is 45.0 Å². The molecule has 1 aliphatic rings. The lowest BCUT2D eigenvalue weighted by molar-refractivity contribution is 0.394. The Kier molecular flexibility index (Phi) is 4.58. The molecule has 0 radical (unpaired) electrons. The third-order valence-corrected chi connectivity index (χ3v) is 5.39. The van der Waals surface area contributed by atoms with Gasteiger partial charge in [0.2, 0.25) is 0 Å². The molecular weight excluding hydrogens is 296 g/mol. The topological polar surface area (TPSA) is 40.5 Å². The Morgan fingerprint density at radius 1 is 0.750 bits per heavy atom. The molecule has 1 saturated carbocycles. The Balaban J connectivity index is 1.72. The first-order valence-electron chi connectivity index (χ1n) is 8.97. The van der Waals surface area contributed by atoms with Crippen LogP contribution in [-0.4, -0.2) is 10.2 Å². The summed E-state index contributed by atoms with van der Waals surface area (Å²) in [7, 11) is 0. The maximum absolute atomic E-state index is 10.2. The predicted molar refractivity (Wildman–Crippen MR) is 98.9 cm³/mol. The van der Waals surface area contributed by atoms with Gasteiger partial charge in [0, 0.05) is 0 Å². The summed E-state index contributed by atoms with van der Waals surface area (Å²) in [5.41, 5.74) is 3.71. The Morgan fingerprint density at radius 3 is 1.79 bits per heavy atom. The molecule has 0 amide bonds. The van der Waals surface area contributed by atoms with Crippen LogP contribution in [0.25, 0.3) is 0 Å². The van der Waals surface area contributed by atoms with Crippen LogP contribution < -0.4 is 0 Å². The molecule has 0 spiro atoms. The van der Waals surface area contributed by atoms with Crippen LogP contribution in [0.3, 0.4) is 0 Å². The Bertz CT molecular complexity index is 687. The normalized spacial score (nSPS) is 21.6. The summed E-state index contributed by atoms with van der Waals surface area (Å²) in [5.74, 6) is 1.93. The van der Waals surface area contributed by atoms with Gasteiger partial charge in [-0.2, -0.15) is 0 Å². The molecule has 1 aliphatic carbocycles. The van der Waals surface area contributed by atoms with Crippen LogP contribution in [0.4, 0.5) is 0 Å². The lowest BCUT2D eigenvalue weighted by atomic mass is 9.75. The Morgan fingerprint density at radius 2 is 1.25 bits per heavy atom. The summed E-state index contributed by atoms with van der Waals surface area (Å²) in [4.78, 5) is 0. The highest BCUT2D eigenvalue weighted by molar-refractivity contribution is 5.42. The van der Waals surface area contributed by atoms with Crippen LogP contribution in [0.1, 0.15) is 75.0 Å². The van der Waals surface area contributed by atoms with Crippen LogP contribution >= 0.6 is 0 Å². The van der Waals surface area contributed by atoms with Gasteiger partial charge in [0.05, 0.1) is 0 Å². The molecule has 3 rings (SSSR count). The largest absolute Gasteiger partial charge is 0.508 e. The zero-order chi connectivity index (χ0) is 17.3. The predicted octanol–water partition coefficient (Wildman–Crippen LogP) is 5.84. The second-order valence-corrected chi connectivity index (χ2v) is 8.17. The van der Waals surface area contributed by atoms with E-state index >= 15 is 0 Å². The Hall–Kier alpha value is -1.96. The maximum atomic E-state index is 10.2. The van der Waals surface area contributed by atoms with Crippen LogP contribution in [0.2, 0.25) is 0 Å². The molecule has 0 unspecified atom stereocenters. The average molecular weight is 324 g/mol. The van der Waals surface area contributed by atoms with E-state index in [1.54, 1.807) is 12.1 Å². The lowest BCUT2D eigenvalue weighted by Crippen LogP contribution is -2.15. The molecule has 0 heterocycles. The fourth-order valence-corrected chi connectivity index (χ4v) is 3.91. The van der Waals surface area contributed by atoms with Gasteiger partial charge in [0.15, 0.2) is 0 Å². The molecule has 2 heteroatoms. The zero-order valence-corrected chi connectivity index (χ0v) is 14.9. The van der Waals surface area contributed by atoms with E-state index in [1.807, 2.05) is 6.07 Å². The highest BCUT2D eigenvalue weighted by atomic mass is 16.3. The first kappa shape index (κ1) is 16.9. The molecule has 2 aromatic carbocycles. The van der Waals surface area contributed by atoms with Crippen LogP contribution in [0, 0.1) is 0 Å². The SMILES string of the molecule is CC(C)(C)c1cc([C@H]2CC[C@H](c3ccc(O)cc3)CC2)ccc1O. The second kappa shape index (κ2) is 6.51. The van der Waals surface area contributed by atoms with Gasteiger partial charge in [-0.25, -0.2) is 0 Å². The van der Waals surface area contributed by atoms with E-state index in [-0.39, 0.29) is 5.41 Å². The van der Waals surface area contributed by atoms with Gasteiger partial charge in [0.1, 0.15) is 11.5 Å². The van der Waals surface area contributed by atoms with E-state index in [9.17, 15) is 10.2 Å². The van der Waals surface area contributed by atoms with Crippen molar-refractivity contribution in [3.05, 3.63) is 59.2 Å². The van der Waals surface area contributed by atoms with Crippen molar-refractivity contribution < 1.29 is 10.2 Å². The molecule has 0 aromatic heterocycles. The molecule has 24 heavy (non-hydrogen) atoms. The van der Waals surface area contributed by atoms with Crippen LogP contribution in [0.15, 0.2) is 42.5 Å². The minimum Gasteiger partial charge on any atom is -0.508 e. The third kappa shape index (κ3) is 3.58. The third-order valence-electron chi connectivity index (χ3n) is 5.39. The van der Waals surface area contributed by atoms with Crippen molar-refractivity contribution in [3.8, 4) is 11.5 Å². The number of hydrogen-bond acceptors (Lipinski definition) is 2. The van der Waals surface area contributed by atoms with E-state index in [4.69, 9.17) is 0 Å². The van der Waals surface area contributed by atoms with E-state index in [2.05, 4.69) is 45.0 Å². The minimum atomic E-state index is -0.0384. The number of hydrogen-bond donors (Lipinski definition) is 2. The van der Waals surface area contributed by atoms with Gasteiger partial charge in [-0.05, 0) is 77.8 Å². The molecule has 2 nitrogen and oxygen atoms in total. The van der Waals surface area contributed by atoms with Gasteiger partial charge in [-0.15, -0.1) is 0 Å². The summed E-state index contributed by atoms with van der Waals surface area (Å²) < 4.78 is 0. The molecule has 0 aliphatic heterocycles. The van der Waals surface area contributed by atoms with Crippen molar-refractivity contribution in [2.45, 2.75) is 63.7 Å². The molecule has 0 saturated heterocycles. The molecule has 0 atom stereocenters. The summed E-state index contributed by atoms with van der Waals surface area (Å²) in [6, 6.07) is 13.9. The smallest absolute Gasteiger partial charge is 0.119 e. The number of rotatable bonds is 2. The molecule has 2 aromatic rings. The second-order valence-electron chi connectivity index (χ2n) is 8.17. The molecule has 2 N–H and O–H groups in total. The molecule has 128 valence electrons. The Labute approximate surface area is 145 Å². The fraction of sp³-hybridized carbons (Fsp3) is 0.455. The highest BCUT2D eigenvalue weighted by Crippen LogP contribution is 2.42. The molecular formula is C22H28O2. The first-order valence-corrected chi connectivity index (χ1v) is 8.97. The van der Waals surface area contributed by atoms with Crippen molar-refractivity contribution in [1.29, 1.82) is 0 Å². The lowest BCUT2D eigenvalue weighted by Gasteiger charge is -2.30. The number of aromatic hydroxyl groups is 2. The van der Waals surface area contributed by atoms with Crippen LogP contribution in [-0.2, 0) is 5.41 Å². The standard InChI is InChI=1S/C22H28O2/c1-22(2,3)20-14-18(10-13-21(20)24)17-6-4-15(5-7-17)16-8-11-19(23)12-9-16/h8-15,17,23-24H,4-7H2,1-3H3/t15-,17-. The van der Waals surface area contributed by atoms with Crippen molar-refractivity contribution in [3.63, 3.8) is 0 Å². The monoisotopic (exact) mass is 324 g/mol. The van der Waals surface area contributed by atoms with E-state index in [0.29, 0.717) is 23.3 Å². The summed E-state index contributed by atoms with van der Waals surface area (Å²) in [6.45, 7) is 6.44.